The molecule has 1 aliphatic heterocycles. The van der Waals surface area contributed by atoms with Crippen molar-refractivity contribution in [2.75, 3.05) is 24.5 Å². The zero-order chi connectivity index (χ0) is 15.2. The van der Waals surface area contributed by atoms with Crippen molar-refractivity contribution in [2.24, 2.45) is 11.7 Å². The molecule has 1 aromatic carbocycles. The van der Waals surface area contributed by atoms with E-state index >= 15 is 0 Å². The van der Waals surface area contributed by atoms with Crippen LogP contribution < -0.4 is 16.0 Å². The second-order valence-corrected chi connectivity index (χ2v) is 5.57. The molecular weight excluding hydrogens is 302 g/mol. The highest BCUT2D eigenvalue weighted by molar-refractivity contribution is 5.96. The number of para-hydroxylation sites is 1. The Morgan fingerprint density at radius 3 is 2.82 bits per heavy atom. The van der Waals surface area contributed by atoms with Crippen LogP contribution in [0.25, 0.3) is 0 Å². The number of halogens is 1. The Labute approximate surface area is 137 Å². The number of fused-ring (bicyclic) bond motifs is 1. The summed E-state index contributed by atoms with van der Waals surface area (Å²) >= 11 is 0. The molecule has 0 aromatic heterocycles. The first-order chi connectivity index (χ1) is 10.1. The molecule has 0 bridgehead atoms. The smallest absolute Gasteiger partial charge is 0.227 e. The van der Waals surface area contributed by atoms with Crippen LogP contribution in [0.2, 0.25) is 0 Å². The van der Waals surface area contributed by atoms with Crippen LogP contribution in [0, 0.1) is 5.92 Å². The van der Waals surface area contributed by atoms with Gasteiger partial charge < -0.3 is 16.0 Å². The third-order valence-corrected chi connectivity index (χ3v) is 3.80. The van der Waals surface area contributed by atoms with Crippen molar-refractivity contribution in [3.63, 3.8) is 0 Å². The fourth-order valence-corrected chi connectivity index (χ4v) is 2.41. The Kier molecular flexibility index (Phi) is 7.35. The molecule has 0 radical (unpaired) electrons. The summed E-state index contributed by atoms with van der Waals surface area (Å²) in [6, 6.07) is 7.89. The maximum Gasteiger partial charge on any atom is 0.227 e. The van der Waals surface area contributed by atoms with E-state index in [-0.39, 0.29) is 30.1 Å². The SMILES string of the molecule is CC(CN)CNC(=O)CCN1C(=O)CCc2ccccc21.Cl. The van der Waals surface area contributed by atoms with E-state index in [1.807, 2.05) is 31.2 Å². The van der Waals surface area contributed by atoms with E-state index in [1.54, 1.807) is 4.90 Å². The standard InChI is InChI=1S/C16H23N3O2.ClH/c1-12(10-17)11-18-15(20)8-9-19-14-5-3-2-4-13(14)6-7-16(19)21;/h2-5,12H,6-11,17H2,1H3,(H,18,20);1H. The van der Waals surface area contributed by atoms with Gasteiger partial charge in [-0.1, -0.05) is 25.1 Å². The number of anilines is 1. The van der Waals surface area contributed by atoms with E-state index in [0.717, 1.165) is 12.1 Å². The molecule has 1 aromatic rings. The number of nitrogens with one attached hydrogen (secondary N) is 1. The summed E-state index contributed by atoms with van der Waals surface area (Å²) in [5.74, 6) is 0.328. The first kappa shape index (κ1) is 18.5. The minimum absolute atomic E-state index is 0. The summed E-state index contributed by atoms with van der Waals surface area (Å²) in [7, 11) is 0. The predicted molar refractivity (Wildman–Crippen MR) is 90.2 cm³/mol. The fourth-order valence-electron chi connectivity index (χ4n) is 2.41. The van der Waals surface area contributed by atoms with Crippen LogP contribution >= 0.6 is 12.4 Å². The highest BCUT2D eigenvalue weighted by Gasteiger charge is 2.23. The normalized spacial score (nSPS) is 14.8. The van der Waals surface area contributed by atoms with E-state index in [4.69, 9.17) is 5.73 Å². The Bertz CT molecular complexity index is 522. The number of nitrogens with zero attached hydrogens (tertiary/aromatic N) is 1. The van der Waals surface area contributed by atoms with Crippen LogP contribution in [0.1, 0.15) is 25.3 Å². The zero-order valence-electron chi connectivity index (χ0n) is 12.9. The topological polar surface area (TPSA) is 75.4 Å². The van der Waals surface area contributed by atoms with Gasteiger partial charge in [0.2, 0.25) is 11.8 Å². The molecule has 0 fully saturated rings. The molecule has 1 aliphatic rings. The molecule has 1 heterocycles. The van der Waals surface area contributed by atoms with Gasteiger partial charge in [-0.15, -0.1) is 12.4 Å². The molecule has 0 spiro atoms. The summed E-state index contributed by atoms with van der Waals surface area (Å²) in [6.07, 6.45) is 1.62. The van der Waals surface area contributed by atoms with Gasteiger partial charge in [0.25, 0.3) is 0 Å². The quantitative estimate of drug-likeness (QED) is 0.832. The lowest BCUT2D eigenvalue weighted by Gasteiger charge is -2.29. The van der Waals surface area contributed by atoms with Crippen molar-refractivity contribution in [1.29, 1.82) is 0 Å². The molecular formula is C16H24ClN3O2. The second kappa shape index (κ2) is 8.76. The maximum absolute atomic E-state index is 12.1. The van der Waals surface area contributed by atoms with Crippen LogP contribution in [0.3, 0.4) is 0 Å². The lowest BCUT2D eigenvalue weighted by atomic mass is 10.0. The number of aryl methyl sites for hydroxylation is 1. The molecule has 2 rings (SSSR count). The van der Waals surface area contributed by atoms with Crippen LogP contribution in [0.4, 0.5) is 5.69 Å². The van der Waals surface area contributed by atoms with Gasteiger partial charge in [-0.2, -0.15) is 0 Å². The number of rotatable bonds is 6. The third kappa shape index (κ3) is 4.71. The minimum Gasteiger partial charge on any atom is -0.356 e. The minimum atomic E-state index is -0.0360. The van der Waals surface area contributed by atoms with Gasteiger partial charge in [0.15, 0.2) is 0 Å². The van der Waals surface area contributed by atoms with Crippen molar-refractivity contribution < 1.29 is 9.59 Å². The van der Waals surface area contributed by atoms with Crippen molar-refractivity contribution in [2.45, 2.75) is 26.2 Å². The van der Waals surface area contributed by atoms with Crippen molar-refractivity contribution >= 4 is 29.9 Å². The van der Waals surface area contributed by atoms with Crippen LogP contribution in [-0.4, -0.2) is 31.4 Å². The van der Waals surface area contributed by atoms with E-state index in [2.05, 4.69) is 5.32 Å². The molecule has 0 saturated carbocycles. The van der Waals surface area contributed by atoms with Gasteiger partial charge in [0.05, 0.1) is 0 Å². The van der Waals surface area contributed by atoms with Crippen LogP contribution in [-0.2, 0) is 16.0 Å². The first-order valence-electron chi connectivity index (χ1n) is 7.47. The molecule has 122 valence electrons. The average Bonchev–Trinajstić information content (AvgIpc) is 2.51. The monoisotopic (exact) mass is 325 g/mol. The third-order valence-electron chi connectivity index (χ3n) is 3.80. The molecule has 3 N–H and O–H groups in total. The predicted octanol–water partition coefficient (Wildman–Crippen LogP) is 1.49. The Morgan fingerprint density at radius 1 is 1.36 bits per heavy atom. The summed E-state index contributed by atoms with van der Waals surface area (Å²) < 4.78 is 0. The summed E-state index contributed by atoms with van der Waals surface area (Å²) in [5.41, 5.74) is 7.63. The molecule has 1 atom stereocenters. The maximum atomic E-state index is 12.1. The van der Waals surface area contributed by atoms with Crippen molar-refractivity contribution in [1.82, 2.24) is 5.32 Å². The number of amides is 2. The molecule has 0 saturated heterocycles. The lowest BCUT2D eigenvalue weighted by molar-refractivity contribution is -0.121. The number of hydrogen-bond donors (Lipinski definition) is 2. The Hall–Kier alpha value is -1.59. The Balaban J connectivity index is 0.00000242. The van der Waals surface area contributed by atoms with E-state index in [0.29, 0.717) is 32.5 Å². The zero-order valence-corrected chi connectivity index (χ0v) is 13.7. The van der Waals surface area contributed by atoms with E-state index in [9.17, 15) is 9.59 Å². The summed E-state index contributed by atoms with van der Waals surface area (Å²) in [5, 5.41) is 2.85. The average molecular weight is 326 g/mol. The number of nitrogens with two attached hydrogens (primary N) is 1. The molecule has 0 aliphatic carbocycles. The number of benzene rings is 1. The second-order valence-electron chi connectivity index (χ2n) is 5.57. The van der Waals surface area contributed by atoms with Gasteiger partial charge >= 0.3 is 0 Å². The summed E-state index contributed by atoms with van der Waals surface area (Å²) in [4.78, 5) is 25.6. The van der Waals surface area contributed by atoms with Gasteiger partial charge in [0.1, 0.15) is 0 Å². The molecule has 1 unspecified atom stereocenters. The molecule has 5 nitrogen and oxygen atoms in total. The van der Waals surface area contributed by atoms with Crippen molar-refractivity contribution in [3.05, 3.63) is 29.8 Å². The van der Waals surface area contributed by atoms with E-state index in [1.165, 1.54) is 5.56 Å². The van der Waals surface area contributed by atoms with Crippen LogP contribution in [0.15, 0.2) is 24.3 Å². The Morgan fingerprint density at radius 2 is 2.09 bits per heavy atom. The highest BCUT2D eigenvalue weighted by Crippen LogP contribution is 2.27. The van der Waals surface area contributed by atoms with E-state index < -0.39 is 0 Å². The highest BCUT2D eigenvalue weighted by atomic mass is 35.5. The van der Waals surface area contributed by atoms with Gasteiger partial charge in [-0.3, -0.25) is 9.59 Å². The van der Waals surface area contributed by atoms with Gasteiger partial charge in [-0.25, -0.2) is 0 Å². The summed E-state index contributed by atoms with van der Waals surface area (Å²) in [6.45, 7) is 3.56. The van der Waals surface area contributed by atoms with Gasteiger partial charge in [0, 0.05) is 31.6 Å². The number of carbonyl (C=O) groups excluding carboxylic acids is 2. The number of carbonyl (C=O) groups is 2. The largest absolute Gasteiger partial charge is 0.356 e. The fraction of sp³-hybridized carbons (Fsp3) is 0.500. The van der Waals surface area contributed by atoms with Crippen molar-refractivity contribution in [3.8, 4) is 0 Å². The molecule has 6 heteroatoms. The molecule has 22 heavy (non-hydrogen) atoms. The number of hydrogen-bond acceptors (Lipinski definition) is 3. The lowest BCUT2D eigenvalue weighted by Crippen LogP contribution is -2.39. The molecule has 2 amide bonds. The van der Waals surface area contributed by atoms with Crippen LogP contribution in [0.5, 0.6) is 0 Å². The van der Waals surface area contributed by atoms with Gasteiger partial charge in [-0.05, 0) is 30.5 Å². The first-order valence-corrected chi connectivity index (χ1v) is 7.47.